The molecule has 1 spiro atoms. The average molecular weight is 583 g/mol. The number of alkyl halides is 2. The Bertz CT molecular complexity index is 1370. The van der Waals surface area contributed by atoms with E-state index in [9.17, 15) is 8.78 Å². The molecule has 3 aliphatic rings. The zero-order chi connectivity index (χ0) is 29.3. The van der Waals surface area contributed by atoms with Crippen LogP contribution in [0.4, 0.5) is 17.6 Å². The topological polar surface area (TPSA) is 33.7 Å². The van der Waals surface area contributed by atoms with Crippen LogP contribution >= 0.6 is 0 Å². The van der Waals surface area contributed by atoms with Crippen molar-refractivity contribution in [3.05, 3.63) is 94.6 Å². The van der Waals surface area contributed by atoms with Crippen molar-refractivity contribution in [2.24, 2.45) is 5.41 Å². The van der Waals surface area contributed by atoms with Gasteiger partial charge < -0.3 is 14.8 Å². The molecule has 224 valence electrons. The summed E-state index contributed by atoms with van der Waals surface area (Å²) in [7, 11) is 0. The summed E-state index contributed by atoms with van der Waals surface area (Å²) in [5.74, 6) is -3.83. The fourth-order valence-corrected chi connectivity index (χ4v) is 7.11. The molecule has 1 aliphatic carbocycles. The first-order valence-electron chi connectivity index (χ1n) is 15.0. The van der Waals surface area contributed by atoms with Gasteiger partial charge in [0.1, 0.15) is 29.7 Å². The molecule has 6 rings (SSSR count). The maximum absolute atomic E-state index is 15.9. The van der Waals surface area contributed by atoms with E-state index in [1.54, 1.807) is 12.1 Å². The van der Waals surface area contributed by atoms with Crippen LogP contribution in [0.5, 0.6) is 11.5 Å². The van der Waals surface area contributed by atoms with E-state index < -0.39 is 30.1 Å². The third kappa shape index (κ3) is 6.45. The first-order valence-corrected chi connectivity index (χ1v) is 15.0. The van der Waals surface area contributed by atoms with Gasteiger partial charge in [0, 0.05) is 37.7 Å². The molecule has 0 bridgehead atoms. The van der Waals surface area contributed by atoms with E-state index in [1.165, 1.54) is 17.0 Å². The van der Waals surface area contributed by atoms with Gasteiger partial charge in [-0.15, -0.1) is 0 Å². The van der Waals surface area contributed by atoms with E-state index in [0.717, 1.165) is 63.2 Å². The Morgan fingerprint density at radius 2 is 1.79 bits per heavy atom. The highest BCUT2D eigenvalue weighted by molar-refractivity contribution is 5.46. The Morgan fingerprint density at radius 1 is 1.00 bits per heavy atom. The molecule has 2 heterocycles. The van der Waals surface area contributed by atoms with Gasteiger partial charge in [0.2, 0.25) is 0 Å². The zero-order valence-electron chi connectivity index (χ0n) is 24.0. The molecule has 8 heteroatoms. The molecule has 2 fully saturated rings. The second-order valence-corrected chi connectivity index (χ2v) is 12.4. The summed E-state index contributed by atoms with van der Waals surface area (Å²) in [4.78, 5) is 1.48. The van der Waals surface area contributed by atoms with Gasteiger partial charge in [-0.25, -0.2) is 17.6 Å². The fraction of sp³-hybridized carbons (Fsp3) is 0.471. The van der Waals surface area contributed by atoms with Crippen molar-refractivity contribution >= 4 is 0 Å². The highest BCUT2D eigenvalue weighted by Gasteiger charge is 2.40. The summed E-state index contributed by atoms with van der Waals surface area (Å²) in [5, 5.41) is 3.43. The van der Waals surface area contributed by atoms with E-state index in [2.05, 4.69) is 5.32 Å². The minimum atomic E-state index is -3.03. The first-order chi connectivity index (χ1) is 20.2. The molecule has 1 N–H and O–H groups in total. The van der Waals surface area contributed by atoms with Crippen LogP contribution in [0.1, 0.15) is 67.3 Å². The van der Waals surface area contributed by atoms with Crippen LogP contribution in [0, 0.1) is 17.0 Å². The minimum Gasteiger partial charge on any atom is -0.490 e. The van der Waals surface area contributed by atoms with Gasteiger partial charge >= 0.3 is 0 Å². The van der Waals surface area contributed by atoms with Crippen LogP contribution < -0.4 is 14.8 Å². The third-order valence-corrected chi connectivity index (χ3v) is 9.03. The molecule has 0 amide bonds. The lowest BCUT2D eigenvalue weighted by atomic mass is 9.72. The minimum absolute atomic E-state index is 0.108. The van der Waals surface area contributed by atoms with Crippen LogP contribution in [0.25, 0.3) is 0 Å². The predicted octanol–water partition coefficient (Wildman–Crippen LogP) is 7.45. The lowest BCUT2D eigenvalue weighted by molar-refractivity contribution is -0.0246. The maximum Gasteiger partial charge on any atom is 0.257 e. The quantitative estimate of drug-likeness (QED) is 0.280. The summed E-state index contributed by atoms with van der Waals surface area (Å²) >= 11 is 0. The Balaban J connectivity index is 1.27. The van der Waals surface area contributed by atoms with E-state index in [1.807, 2.05) is 36.4 Å². The molecular weight excluding hydrogens is 544 g/mol. The standard InChI is InChI=1S/C34H38F4N2O2/c1-33(37,38)22-40-15-11-24-16-25(41-20-23-6-3-2-4-7-23)9-10-28(24)32(40)31-29(35)17-27(18-30(31)36)42-26-8-5-12-34(19-26)13-14-39-21-34/h2-4,6-7,9-10,16-18,26,32,39H,5,8,11-15,19-22H2,1H3. The highest BCUT2D eigenvalue weighted by atomic mass is 19.3. The van der Waals surface area contributed by atoms with Crippen LogP contribution in [0.2, 0.25) is 0 Å². The number of ether oxygens (including phenoxy) is 2. The summed E-state index contributed by atoms with van der Waals surface area (Å²) in [6.07, 6.45) is 5.31. The SMILES string of the molecule is CC(F)(F)CN1CCc2cc(OCc3ccccc3)ccc2C1c1c(F)cc(OC2CCCC3(CCNC3)C2)cc1F. The predicted molar refractivity (Wildman–Crippen MR) is 154 cm³/mol. The second-order valence-electron chi connectivity index (χ2n) is 12.4. The molecule has 4 nitrogen and oxygen atoms in total. The molecule has 0 radical (unpaired) electrons. The monoisotopic (exact) mass is 582 g/mol. The van der Waals surface area contributed by atoms with Gasteiger partial charge in [0.25, 0.3) is 5.92 Å². The largest absolute Gasteiger partial charge is 0.490 e. The van der Waals surface area contributed by atoms with Crippen LogP contribution in [0.15, 0.2) is 60.7 Å². The van der Waals surface area contributed by atoms with Crippen molar-refractivity contribution in [1.29, 1.82) is 0 Å². The van der Waals surface area contributed by atoms with Crippen LogP contribution in [0.3, 0.4) is 0 Å². The summed E-state index contributed by atoms with van der Waals surface area (Å²) in [5.41, 5.74) is 2.41. The van der Waals surface area contributed by atoms with E-state index in [0.29, 0.717) is 24.3 Å². The number of fused-ring (bicyclic) bond motifs is 1. The van der Waals surface area contributed by atoms with E-state index >= 15 is 8.78 Å². The fourth-order valence-electron chi connectivity index (χ4n) is 7.11. The highest BCUT2D eigenvalue weighted by Crippen LogP contribution is 2.44. The number of benzene rings is 3. The Labute approximate surface area is 245 Å². The number of hydrogen-bond donors (Lipinski definition) is 1. The number of rotatable bonds is 8. The second kappa shape index (κ2) is 11.9. The molecule has 3 aromatic rings. The van der Waals surface area contributed by atoms with E-state index in [-0.39, 0.29) is 29.4 Å². The van der Waals surface area contributed by atoms with Gasteiger partial charge in [-0.3, -0.25) is 4.90 Å². The van der Waals surface area contributed by atoms with Crippen LogP contribution in [-0.2, 0) is 13.0 Å². The zero-order valence-corrected chi connectivity index (χ0v) is 24.0. The van der Waals surface area contributed by atoms with Crippen molar-refractivity contribution in [3.8, 4) is 11.5 Å². The lowest BCUT2D eigenvalue weighted by Crippen LogP contribution is -2.43. The summed E-state index contributed by atoms with van der Waals surface area (Å²) in [6, 6.07) is 16.5. The Kier molecular flexibility index (Phi) is 8.20. The Morgan fingerprint density at radius 3 is 2.50 bits per heavy atom. The molecule has 1 saturated heterocycles. The molecule has 42 heavy (non-hydrogen) atoms. The number of halogens is 4. The number of nitrogens with one attached hydrogen (secondary N) is 1. The summed E-state index contributed by atoms with van der Waals surface area (Å²) in [6.45, 7) is 2.77. The molecule has 0 aromatic heterocycles. The van der Waals surface area contributed by atoms with Gasteiger partial charge in [0.05, 0.1) is 18.7 Å². The first kappa shape index (κ1) is 29.0. The van der Waals surface area contributed by atoms with E-state index in [4.69, 9.17) is 9.47 Å². The Hall–Kier alpha value is -3.10. The smallest absolute Gasteiger partial charge is 0.257 e. The van der Waals surface area contributed by atoms with Gasteiger partial charge in [-0.05, 0) is 79.3 Å². The van der Waals surface area contributed by atoms with Crippen LogP contribution in [-0.4, -0.2) is 43.1 Å². The molecule has 2 aliphatic heterocycles. The summed E-state index contributed by atoms with van der Waals surface area (Å²) < 4.78 is 72.4. The van der Waals surface area contributed by atoms with Crippen molar-refractivity contribution in [1.82, 2.24) is 10.2 Å². The van der Waals surface area contributed by atoms with Gasteiger partial charge in [-0.2, -0.15) is 0 Å². The molecule has 3 aromatic carbocycles. The molecule has 3 atom stereocenters. The normalized spacial score (nSPS) is 24.5. The third-order valence-electron chi connectivity index (χ3n) is 9.03. The van der Waals surface area contributed by atoms with Gasteiger partial charge in [-0.1, -0.05) is 36.4 Å². The average Bonchev–Trinajstić information content (AvgIpc) is 3.39. The molecule has 3 unspecified atom stereocenters. The van der Waals surface area contributed by atoms with Crippen molar-refractivity contribution < 1.29 is 27.0 Å². The van der Waals surface area contributed by atoms with Crippen molar-refractivity contribution in [2.45, 2.75) is 70.1 Å². The number of nitrogens with zero attached hydrogens (tertiary/aromatic N) is 1. The van der Waals surface area contributed by atoms with Crippen molar-refractivity contribution in [3.63, 3.8) is 0 Å². The lowest BCUT2D eigenvalue weighted by Gasteiger charge is -2.39. The molecule has 1 saturated carbocycles. The van der Waals surface area contributed by atoms with Crippen molar-refractivity contribution in [2.75, 3.05) is 26.2 Å². The maximum atomic E-state index is 15.9. The van der Waals surface area contributed by atoms with Gasteiger partial charge in [0.15, 0.2) is 0 Å². The molecular formula is C34H38F4N2O2. The number of hydrogen-bond acceptors (Lipinski definition) is 4.